The average Bonchev–Trinajstić information content (AvgIpc) is 2.87. The number of nitriles is 1. The molecule has 0 saturated heterocycles. The number of methoxy groups -OCH3 is 1. The van der Waals surface area contributed by atoms with Crippen LogP contribution in [-0.2, 0) is 4.79 Å². The van der Waals surface area contributed by atoms with Crippen LogP contribution >= 0.6 is 23.2 Å². The lowest BCUT2D eigenvalue weighted by Crippen LogP contribution is -2.20. The van der Waals surface area contributed by atoms with E-state index in [-0.39, 0.29) is 32.7 Å². The van der Waals surface area contributed by atoms with Gasteiger partial charge in [0.1, 0.15) is 34.4 Å². The minimum absolute atomic E-state index is 0.0762. The van der Waals surface area contributed by atoms with E-state index in [1.54, 1.807) is 54.6 Å². The number of carbonyl (C=O) groups excluding carboxylic acids is 1. The number of carbonyl (C=O) groups is 1. The lowest BCUT2D eigenvalue weighted by Gasteiger charge is -2.11. The minimum Gasteiger partial charge on any atom is -0.497 e. The predicted molar refractivity (Wildman–Crippen MR) is 133 cm³/mol. The molecule has 8 nitrogen and oxygen atoms in total. The van der Waals surface area contributed by atoms with Crippen LogP contribution in [0.15, 0.2) is 77.2 Å². The number of amides is 1. The summed E-state index contributed by atoms with van der Waals surface area (Å²) in [6, 6.07) is 18.2. The summed E-state index contributed by atoms with van der Waals surface area (Å²) in [6.45, 7) is 0. The Bertz CT molecular complexity index is 1560. The van der Waals surface area contributed by atoms with Crippen molar-refractivity contribution in [3.05, 3.63) is 98.4 Å². The Morgan fingerprint density at radius 2 is 1.83 bits per heavy atom. The van der Waals surface area contributed by atoms with Gasteiger partial charge in [0.2, 0.25) is 5.88 Å². The standard InChI is InChI=1S/C25H16Cl2N4O4/c1-34-16-8-10-17(11-9-16)35-24-18(25(33)31-12-3-2-7-21(31)30-24)13-15(14-28)23(32)29-20-6-4-5-19(26)22(20)27/h2-13H,1H3,(H,29,32)/b15-13-. The van der Waals surface area contributed by atoms with Crippen molar-refractivity contribution in [3.8, 4) is 23.4 Å². The Balaban J connectivity index is 1.79. The molecule has 2 heterocycles. The highest BCUT2D eigenvalue weighted by Gasteiger charge is 2.18. The molecule has 0 bridgehead atoms. The fourth-order valence-corrected chi connectivity index (χ4v) is 3.47. The maximum atomic E-state index is 13.3. The summed E-state index contributed by atoms with van der Waals surface area (Å²) in [5, 5.41) is 12.6. The summed E-state index contributed by atoms with van der Waals surface area (Å²) >= 11 is 12.1. The third-order valence-corrected chi connectivity index (χ3v) is 5.68. The first-order valence-electron chi connectivity index (χ1n) is 10.1. The molecule has 2 aromatic carbocycles. The maximum absolute atomic E-state index is 13.3. The first-order chi connectivity index (χ1) is 16.9. The van der Waals surface area contributed by atoms with Crippen LogP contribution in [0.3, 0.4) is 0 Å². The molecule has 0 aliphatic carbocycles. The van der Waals surface area contributed by atoms with Gasteiger partial charge in [-0.15, -0.1) is 0 Å². The van der Waals surface area contributed by atoms with Gasteiger partial charge >= 0.3 is 0 Å². The number of benzene rings is 2. The highest BCUT2D eigenvalue weighted by atomic mass is 35.5. The van der Waals surface area contributed by atoms with Crippen LogP contribution in [0, 0.1) is 11.3 Å². The molecule has 1 amide bonds. The van der Waals surface area contributed by atoms with Crippen molar-refractivity contribution >= 4 is 46.5 Å². The number of nitrogens with zero attached hydrogens (tertiary/aromatic N) is 3. The Morgan fingerprint density at radius 3 is 2.54 bits per heavy atom. The number of pyridine rings is 1. The van der Waals surface area contributed by atoms with Crippen LogP contribution in [0.25, 0.3) is 11.7 Å². The summed E-state index contributed by atoms with van der Waals surface area (Å²) in [5.41, 5.74) is -0.440. The molecule has 2 aromatic heterocycles. The molecule has 174 valence electrons. The molecule has 0 aliphatic heterocycles. The highest BCUT2D eigenvalue weighted by molar-refractivity contribution is 6.44. The first-order valence-corrected chi connectivity index (χ1v) is 10.9. The molecule has 0 unspecified atom stereocenters. The van der Waals surface area contributed by atoms with Crippen LogP contribution in [-0.4, -0.2) is 22.4 Å². The number of halogens is 2. The summed E-state index contributed by atoms with van der Waals surface area (Å²) in [4.78, 5) is 30.5. The van der Waals surface area contributed by atoms with Gasteiger partial charge in [0.25, 0.3) is 11.5 Å². The van der Waals surface area contributed by atoms with Crippen LogP contribution in [0.2, 0.25) is 10.0 Å². The number of anilines is 1. The molecule has 0 aliphatic rings. The molecule has 0 radical (unpaired) electrons. The zero-order valence-corrected chi connectivity index (χ0v) is 19.7. The lowest BCUT2D eigenvalue weighted by atomic mass is 10.1. The number of hydrogen-bond acceptors (Lipinski definition) is 6. The lowest BCUT2D eigenvalue weighted by molar-refractivity contribution is -0.112. The number of fused-ring (bicyclic) bond motifs is 1. The molecule has 0 atom stereocenters. The number of ether oxygens (including phenoxy) is 2. The van der Waals surface area contributed by atoms with E-state index in [1.807, 2.05) is 6.07 Å². The molecular weight excluding hydrogens is 491 g/mol. The molecule has 4 aromatic rings. The van der Waals surface area contributed by atoms with Gasteiger partial charge in [0.15, 0.2) is 0 Å². The summed E-state index contributed by atoms with van der Waals surface area (Å²) in [6.07, 6.45) is 2.65. The summed E-state index contributed by atoms with van der Waals surface area (Å²) in [7, 11) is 1.54. The zero-order valence-electron chi connectivity index (χ0n) is 18.2. The SMILES string of the molecule is COc1ccc(Oc2nc3ccccn3c(=O)c2/C=C(/C#N)C(=O)Nc2cccc(Cl)c2Cl)cc1. The normalized spacial score (nSPS) is 11.1. The second-order valence-corrected chi connectivity index (χ2v) is 7.85. The van der Waals surface area contributed by atoms with Gasteiger partial charge in [-0.2, -0.15) is 10.2 Å². The van der Waals surface area contributed by atoms with Crippen LogP contribution < -0.4 is 20.3 Å². The molecule has 0 saturated carbocycles. The van der Waals surface area contributed by atoms with E-state index in [2.05, 4.69) is 10.3 Å². The molecule has 0 fully saturated rings. The third-order valence-electron chi connectivity index (χ3n) is 4.86. The van der Waals surface area contributed by atoms with Crippen LogP contribution in [0.5, 0.6) is 17.4 Å². The van der Waals surface area contributed by atoms with Crippen molar-refractivity contribution in [1.82, 2.24) is 9.38 Å². The van der Waals surface area contributed by atoms with Crippen molar-refractivity contribution in [2.45, 2.75) is 0 Å². The number of rotatable bonds is 6. The Kier molecular flexibility index (Phi) is 7.01. The van der Waals surface area contributed by atoms with Gasteiger partial charge in [-0.3, -0.25) is 14.0 Å². The van der Waals surface area contributed by atoms with Crippen molar-refractivity contribution in [3.63, 3.8) is 0 Å². The largest absolute Gasteiger partial charge is 0.497 e. The fourth-order valence-electron chi connectivity index (χ4n) is 3.12. The van der Waals surface area contributed by atoms with Crippen molar-refractivity contribution in [2.24, 2.45) is 0 Å². The van der Waals surface area contributed by atoms with Gasteiger partial charge in [-0.1, -0.05) is 35.3 Å². The Morgan fingerprint density at radius 1 is 1.09 bits per heavy atom. The smallest absolute Gasteiger partial charge is 0.269 e. The zero-order chi connectivity index (χ0) is 24.9. The average molecular weight is 507 g/mol. The van der Waals surface area contributed by atoms with Gasteiger partial charge in [-0.05, 0) is 54.6 Å². The van der Waals surface area contributed by atoms with Gasteiger partial charge < -0.3 is 14.8 Å². The van der Waals surface area contributed by atoms with Gasteiger partial charge in [0, 0.05) is 6.20 Å². The number of aromatic nitrogens is 2. The fraction of sp³-hybridized carbons (Fsp3) is 0.0400. The van der Waals surface area contributed by atoms with Crippen LogP contribution in [0.4, 0.5) is 5.69 Å². The van der Waals surface area contributed by atoms with E-state index in [4.69, 9.17) is 32.7 Å². The molecule has 0 spiro atoms. The van der Waals surface area contributed by atoms with Gasteiger partial charge in [0.05, 0.1) is 22.8 Å². The van der Waals surface area contributed by atoms with E-state index >= 15 is 0 Å². The molecule has 35 heavy (non-hydrogen) atoms. The van der Waals surface area contributed by atoms with E-state index in [9.17, 15) is 14.9 Å². The first kappa shape index (κ1) is 23.8. The monoisotopic (exact) mass is 506 g/mol. The van der Waals surface area contributed by atoms with Gasteiger partial charge in [-0.25, -0.2) is 0 Å². The van der Waals surface area contributed by atoms with E-state index in [1.165, 1.54) is 23.8 Å². The van der Waals surface area contributed by atoms with Crippen LogP contribution in [0.1, 0.15) is 5.56 Å². The van der Waals surface area contributed by atoms with E-state index in [0.717, 1.165) is 6.08 Å². The number of hydrogen-bond donors (Lipinski definition) is 1. The molecule has 10 heteroatoms. The second kappa shape index (κ2) is 10.3. The number of nitrogens with one attached hydrogen (secondary N) is 1. The molecular formula is C25H16Cl2N4O4. The highest BCUT2D eigenvalue weighted by Crippen LogP contribution is 2.30. The Labute approximate surface area is 209 Å². The second-order valence-electron chi connectivity index (χ2n) is 7.07. The van der Waals surface area contributed by atoms with Crippen molar-refractivity contribution in [2.75, 3.05) is 12.4 Å². The quantitative estimate of drug-likeness (QED) is 0.279. The van der Waals surface area contributed by atoms with E-state index < -0.39 is 11.5 Å². The van der Waals surface area contributed by atoms with Crippen molar-refractivity contribution in [1.29, 1.82) is 5.26 Å². The topological polar surface area (TPSA) is 106 Å². The van der Waals surface area contributed by atoms with E-state index in [0.29, 0.717) is 17.1 Å². The molecule has 4 rings (SSSR count). The van der Waals surface area contributed by atoms with Crippen molar-refractivity contribution < 1.29 is 14.3 Å². The third kappa shape index (κ3) is 5.11. The Hall–Kier alpha value is -4.32. The summed E-state index contributed by atoms with van der Waals surface area (Å²) in [5.74, 6) is 0.130. The molecule has 1 N–H and O–H groups in total. The predicted octanol–water partition coefficient (Wildman–Crippen LogP) is 5.35. The minimum atomic E-state index is -0.787. The summed E-state index contributed by atoms with van der Waals surface area (Å²) < 4.78 is 12.3. The maximum Gasteiger partial charge on any atom is 0.269 e.